The second kappa shape index (κ2) is 6.03. The molecule has 2 aromatic heterocycles. The van der Waals surface area contributed by atoms with E-state index >= 15 is 0 Å². The fraction of sp³-hybridized carbons (Fsp3) is 0.0588. The molecule has 7 nitrogen and oxygen atoms in total. The summed E-state index contributed by atoms with van der Waals surface area (Å²) in [5, 5.41) is 23.6. The minimum absolute atomic E-state index is 0.146. The second-order valence-electron chi connectivity index (χ2n) is 5.46. The summed E-state index contributed by atoms with van der Waals surface area (Å²) in [6.07, 6.45) is 1.49. The molecule has 2 heterocycles. The first kappa shape index (κ1) is 15.3. The lowest BCUT2D eigenvalue weighted by molar-refractivity contribution is 0.474. The van der Waals surface area contributed by atoms with Crippen molar-refractivity contribution in [3.05, 3.63) is 53.1 Å². The predicted molar refractivity (Wildman–Crippen MR) is 98.1 cm³/mol. The molecule has 0 atom stereocenters. The van der Waals surface area contributed by atoms with Crippen molar-refractivity contribution in [3.63, 3.8) is 0 Å². The lowest BCUT2D eigenvalue weighted by Gasteiger charge is -2.00. The number of halogens is 1. The third-order valence-corrected chi connectivity index (χ3v) is 4.10. The number of hydrazone groups is 1. The summed E-state index contributed by atoms with van der Waals surface area (Å²) in [6, 6.07) is 12.5. The number of rotatable bonds is 3. The summed E-state index contributed by atoms with van der Waals surface area (Å²) >= 11 is 6.07. The highest BCUT2D eigenvalue weighted by Gasteiger charge is 2.12. The zero-order valence-electron chi connectivity index (χ0n) is 13.2. The fourth-order valence-corrected chi connectivity index (χ4v) is 2.81. The first-order chi connectivity index (χ1) is 12.1. The average Bonchev–Trinajstić information content (AvgIpc) is 2.88. The Hall–Kier alpha value is -3.19. The molecule has 4 aromatic rings. The van der Waals surface area contributed by atoms with E-state index in [4.69, 9.17) is 11.6 Å². The van der Waals surface area contributed by atoms with Gasteiger partial charge in [-0.2, -0.15) is 10.1 Å². The van der Waals surface area contributed by atoms with Crippen LogP contribution in [0.3, 0.4) is 0 Å². The monoisotopic (exact) mass is 352 g/mol. The highest BCUT2D eigenvalue weighted by Crippen LogP contribution is 2.27. The average molecular weight is 353 g/mol. The van der Waals surface area contributed by atoms with E-state index in [-0.39, 0.29) is 11.7 Å². The minimum atomic E-state index is 0.146. The van der Waals surface area contributed by atoms with Gasteiger partial charge in [-0.05, 0) is 30.3 Å². The number of anilines is 1. The molecule has 2 N–H and O–H groups in total. The van der Waals surface area contributed by atoms with Crippen LogP contribution in [0.4, 0.5) is 5.95 Å². The molecule has 0 unspecified atom stereocenters. The fourth-order valence-electron chi connectivity index (χ4n) is 2.63. The van der Waals surface area contributed by atoms with Crippen LogP contribution in [-0.4, -0.2) is 31.1 Å². The van der Waals surface area contributed by atoms with Crippen LogP contribution in [0.5, 0.6) is 5.75 Å². The van der Waals surface area contributed by atoms with Crippen LogP contribution in [0.1, 0.15) is 5.56 Å². The van der Waals surface area contributed by atoms with Crippen LogP contribution in [-0.2, 0) is 7.05 Å². The summed E-state index contributed by atoms with van der Waals surface area (Å²) in [4.78, 5) is 4.45. The van der Waals surface area contributed by atoms with Crippen molar-refractivity contribution in [2.75, 3.05) is 5.43 Å². The van der Waals surface area contributed by atoms with E-state index in [0.717, 1.165) is 10.9 Å². The SMILES string of the molecule is Cn1c2ccc(Cl)cc2c2nnc(N/N=C/c3ccccc3O)nc21. The Morgan fingerprint density at radius 2 is 2.04 bits per heavy atom. The van der Waals surface area contributed by atoms with E-state index in [0.29, 0.717) is 21.7 Å². The van der Waals surface area contributed by atoms with Crippen LogP contribution in [0.15, 0.2) is 47.6 Å². The molecule has 2 aromatic carbocycles. The molecule has 0 spiro atoms. The van der Waals surface area contributed by atoms with E-state index < -0.39 is 0 Å². The van der Waals surface area contributed by atoms with Gasteiger partial charge in [0.25, 0.3) is 5.95 Å². The lowest BCUT2D eigenvalue weighted by atomic mass is 10.2. The lowest BCUT2D eigenvalue weighted by Crippen LogP contribution is -2.00. The molecule has 0 fully saturated rings. The Labute approximate surface area is 147 Å². The van der Waals surface area contributed by atoms with Gasteiger partial charge in [-0.3, -0.25) is 0 Å². The number of aromatic hydroxyl groups is 1. The van der Waals surface area contributed by atoms with Crippen LogP contribution in [0.25, 0.3) is 22.1 Å². The topological polar surface area (TPSA) is 88.2 Å². The van der Waals surface area contributed by atoms with Gasteiger partial charge < -0.3 is 9.67 Å². The van der Waals surface area contributed by atoms with Crippen molar-refractivity contribution in [1.29, 1.82) is 0 Å². The number of hydrogen-bond donors (Lipinski definition) is 2. The van der Waals surface area contributed by atoms with Crippen molar-refractivity contribution in [2.24, 2.45) is 12.1 Å². The number of hydrogen-bond acceptors (Lipinski definition) is 6. The number of benzene rings is 2. The number of nitrogens with one attached hydrogen (secondary N) is 1. The van der Waals surface area contributed by atoms with E-state index in [9.17, 15) is 5.11 Å². The first-order valence-corrected chi connectivity index (χ1v) is 7.87. The zero-order valence-corrected chi connectivity index (χ0v) is 13.9. The number of para-hydroxylation sites is 1. The van der Waals surface area contributed by atoms with Crippen LogP contribution in [0, 0.1) is 0 Å². The summed E-state index contributed by atoms with van der Waals surface area (Å²) in [5.74, 6) is 0.407. The van der Waals surface area contributed by atoms with Gasteiger partial charge in [-0.25, -0.2) is 5.43 Å². The van der Waals surface area contributed by atoms with E-state index in [1.165, 1.54) is 6.21 Å². The molecule has 4 rings (SSSR count). The van der Waals surface area contributed by atoms with Gasteiger partial charge in [0.15, 0.2) is 5.65 Å². The van der Waals surface area contributed by atoms with Crippen LogP contribution in [0.2, 0.25) is 5.02 Å². The van der Waals surface area contributed by atoms with Crippen LogP contribution < -0.4 is 5.43 Å². The summed E-state index contributed by atoms with van der Waals surface area (Å²) in [7, 11) is 1.91. The van der Waals surface area contributed by atoms with Gasteiger partial charge in [-0.15, -0.1) is 10.2 Å². The van der Waals surface area contributed by atoms with Crippen molar-refractivity contribution in [1.82, 2.24) is 19.7 Å². The highest BCUT2D eigenvalue weighted by atomic mass is 35.5. The van der Waals surface area contributed by atoms with E-state index in [1.807, 2.05) is 35.9 Å². The maximum Gasteiger partial charge on any atom is 0.265 e. The molecule has 0 amide bonds. The molecule has 0 bridgehead atoms. The Bertz CT molecular complexity index is 1120. The van der Waals surface area contributed by atoms with Gasteiger partial charge >= 0.3 is 0 Å². The molecule has 124 valence electrons. The zero-order chi connectivity index (χ0) is 17.4. The number of aryl methyl sites for hydroxylation is 1. The molecular weight excluding hydrogens is 340 g/mol. The maximum atomic E-state index is 9.71. The molecule has 0 aliphatic carbocycles. The molecule has 0 aliphatic heterocycles. The number of nitrogens with zero attached hydrogens (tertiary/aromatic N) is 5. The standard InChI is InChI=1S/C17H13ClN6O/c1-24-13-7-6-11(18)8-12(13)15-16(24)20-17(23-21-15)22-19-9-10-4-2-3-5-14(10)25/h2-9,25H,1H3,(H,20,22,23)/b19-9+. The van der Waals surface area contributed by atoms with Gasteiger partial charge in [0.05, 0.1) is 11.7 Å². The molecule has 0 saturated carbocycles. The van der Waals surface area contributed by atoms with Gasteiger partial charge in [0.2, 0.25) is 0 Å². The van der Waals surface area contributed by atoms with E-state index in [2.05, 4.69) is 25.7 Å². The largest absolute Gasteiger partial charge is 0.507 e. The molecule has 0 radical (unpaired) electrons. The summed E-state index contributed by atoms with van der Waals surface area (Å²) < 4.78 is 1.92. The Morgan fingerprint density at radius 1 is 1.20 bits per heavy atom. The van der Waals surface area contributed by atoms with Crippen molar-refractivity contribution in [2.45, 2.75) is 0 Å². The summed E-state index contributed by atoms with van der Waals surface area (Å²) in [6.45, 7) is 0. The number of fused-ring (bicyclic) bond motifs is 3. The quantitative estimate of drug-likeness (QED) is 0.436. The van der Waals surface area contributed by atoms with Crippen molar-refractivity contribution in [3.8, 4) is 5.75 Å². The Kier molecular flexibility index (Phi) is 3.70. The molecule has 0 saturated heterocycles. The van der Waals surface area contributed by atoms with Crippen molar-refractivity contribution >= 4 is 45.8 Å². The Morgan fingerprint density at radius 3 is 2.88 bits per heavy atom. The minimum Gasteiger partial charge on any atom is -0.507 e. The van der Waals surface area contributed by atoms with Gasteiger partial charge in [0, 0.05) is 23.0 Å². The Balaban J connectivity index is 1.69. The third kappa shape index (κ3) is 2.74. The van der Waals surface area contributed by atoms with Gasteiger partial charge in [0.1, 0.15) is 11.3 Å². The predicted octanol–water partition coefficient (Wildman–Crippen LogP) is 3.32. The number of aromatic nitrogens is 4. The normalized spacial score (nSPS) is 11.6. The third-order valence-electron chi connectivity index (χ3n) is 3.87. The van der Waals surface area contributed by atoms with Gasteiger partial charge in [-0.1, -0.05) is 23.7 Å². The second-order valence-corrected chi connectivity index (χ2v) is 5.89. The highest BCUT2D eigenvalue weighted by molar-refractivity contribution is 6.31. The maximum absolute atomic E-state index is 9.71. The molecule has 25 heavy (non-hydrogen) atoms. The molecule has 8 heteroatoms. The van der Waals surface area contributed by atoms with Crippen LogP contribution >= 0.6 is 11.6 Å². The first-order valence-electron chi connectivity index (χ1n) is 7.49. The number of phenols is 1. The summed E-state index contributed by atoms with van der Waals surface area (Å²) in [5.41, 5.74) is 5.63. The number of phenolic OH excluding ortho intramolecular Hbond substituents is 1. The molecular formula is C17H13ClN6O. The molecule has 0 aliphatic rings. The van der Waals surface area contributed by atoms with Crippen molar-refractivity contribution < 1.29 is 5.11 Å². The van der Waals surface area contributed by atoms with E-state index in [1.54, 1.807) is 18.2 Å². The smallest absolute Gasteiger partial charge is 0.265 e.